The lowest BCUT2D eigenvalue weighted by molar-refractivity contribution is 0.838. The van der Waals surface area contributed by atoms with E-state index in [0.29, 0.717) is 0 Å². The van der Waals surface area contributed by atoms with Gasteiger partial charge in [-0.1, -0.05) is 36.5 Å². The molecule has 0 bridgehead atoms. The highest BCUT2D eigenvalue weighted by Gasteiger charge is 1.85. The summed E-state index contributed by atoms with van der Waals surface area (Å²) in [6.07, 6.45) is 23.0. The Labute approximate surface area is 82.0 Å². The molecule has 0 aromatic heterocycles. The van der Waals surface area contributed by atoms with Crippen LogP contribution in [0.25, 0.3) is 0 Å². The van der Waals surface area contributed by atoms with Crippen molar-refractivity contribution >= 4 is 0 Å². The van der Waals surface area contributed by atoms with Gasteiger partial charge in [-0.25, -0.2) is 0 Å². The van der Waals surface area contributed by atoms with Crippen LogP contribution in [0.4, 0.5) is 0 Å². The van der Waals surface area contributed by atoms with E-state index in [0.717, 1.165) is 6.42 Å². The Bertz CT molecular complexity index is 184. The molecule has 1 rings (SSSR count). The highest BCUT2D eigenvalue weighted by atomic mass is 13.9. The minimum atomic E-state index is 1.08. The van der Waals surface area contributed by atoms with Crippen molar-refractivity contribution in [1.82, 2.24) is 0 Å². The van der Waals surface area contributed by atoms with Gasteiger partial charge < -0.3 is 0 Å². The second-order valence-electron chi connectivity index (χ2n) is 3.35. The zero-order valence-corrected chi connectivity index (χ0v) is 8.28. The maximum Gasteiger partial charge on any atom is -0.0169 e. The first-order chi connectivity index (χ1) is 6.50. The Morgan fingerprint density at radius 1 is 0.615 bits per heavy atom. The minimum absolute atomic E-state index is 1.08. The average Bonchev–Trinajstić information content (AvgIpc) is 2.18. The van der Waals surface area contributed by atoms with Crippen molar-refractivity contribution < 1.29 is 0 Å². The van der Waals surface area contributed by atoms with Crippen molar-refractivity contribution in [2.75, 3.05) is 0 Å². The van der Waals surface area contributed by atoms with E-state index in [2.05, 4.69) is 42.9 Å². The van der Waals surface area contributed by atoms with Crippen molar-refractivity contribution in [2.24, 2.45) is 0 Å². The molecule has 0 nitrogen and oxygen atoms in total. The molecule has 0 N–H and O–H groups in total. The summed E-state index contributed by atoms with van der Waals surface area (Å²) in [7, 11) is 0. The normalized spacial score (nSPS) is 27.7. The molecular formula is C13H19. The molecule has 0 aromatic rings. The molecule has 0 fully saturated rings. The minimum Gasteiger partial charge on any atom is -0.0885 e. The second-order valence-corrected chi connectivity index (χ2v) is 3.35. The van der Waals surface area contributed by atoms with Crippen LogP contribution < -0.4 is 0 Å². The van der Waals surface area contributed by atoms with Crippen LogP contribution in [0.15, 0.2) is 36.5 Å². The van der Waals surface area contributed by atoms with Gasteiger partial charge in [-0.05, 0) is 44.9 Å². The van der Waals surface area contributed by atoms with Crippen LogP contribution in [0.1, 0.15) is 38.5 Å². The van der Waals surface area contributed by atoms with Gasteiger partial charge in [0.05, 0.1) is 0 Å². The van der Waals surface area contributed by atoms with Crippen LogP contribution in [-0.4, -0.2) is 0 Å². The first kappa shape index (κ1) is 10.3. The molecule has 71 valence electrons. The molecular weight excluding hydrogens is 156 g/mol. The molecule has 0 atom stereocenters. The van der Waals surface area contributed by atoms with Crippen LogP contribution in [-0.2, 0) is 0 Å². The molecule has 0 saturated carbocycles. The van der Waals surface area contributed by atoms with Gasteiger partial charge in [0.1, 0.15) is 0 Å². The number of hydrogen-bond acceptors (Lipinski definition) is 0. The highest BCUT2D eigenvalue weighted by molar-refractivity contribution is 5.00. The zero-order valence-electron chi connectivity index (χ0n) is 8.28. The Morgan fingerprint density at radius 3 is 2.31 bits per heavy atom. The first-order valence-corrected chi connectivity index (χ1v) is 5.28. The monoisotopic (exact) mass is 175 g/mol. The maximum absolute atomic E-state index is 2.31. The lowest BCUT2D eigenvalue weighted by Crippen LogP contribution is -1.73. The van der Waals surface area contributed by atoms with Crippen LogP contribution in [0.3, 0.4) is 0 Å². The summed E-state index contributed by atoms with van der Waals surface area (Å²) in [4.78, 5) is 0. The fourth-order valence-electron chi connectivity index (χ4n) is 1.35. The summed E-state index contributed by atoms with van der Waals surface area (Å²) >= 11 is 0. The van der Waals surface area contributed by atoms with Crippen molar-refractivity contribution in [3.8, 4) is 0 Å². The predicted octanol–water partition coefficient (Wildman–Crippen LogP) is 4.21. The summed E-state index contributed by atoms with van der Waals surface area (Å²) in [6, 6.07) is 0. The van der Waals surface area contributed by atoms with Crippen LogP contribution in [0.2, 0.25) is 0 Å². The lowest BCUT2D eigenvalue weighted by Gasteiger charge is -1.91. The fourth-order valence-corrected chi connectivity index (χ4v) is 1.35. The fraction of sp³-hybridized carbons (Fsp3) is 0.462. The Balaban J connectivity index is 2.28. The van der Waals surface area contributed by atoms with E-state index >= 15 is 0 Å². The Morgan fingerprint density at radius 2 is 1.38 bits per heavy atom. The molecule has 1 radical (unpaired) electrons. The third kappa shape index (κ3) is 6.39. The first-order valence-electron chi connectivity index (χ1n) is 5.28. The second kappa shape index (κ2) is 7.85. The summed E-state index contributed by atoms with van der Waals surface area (Å²) in [6.45, 7) is 0. The molecule has 0 amide bonds. The summed E-state index contributed by atoms with van der Waals surface area (Å²) in [5, 5.41) is 0. The zero-order chi connectivity index (χ0) is 9.19. The van der Waals surface area contributed by atoms with E-state index in [1.165, 1.54) is 32.1 Å². The summed E-state index contributed by atoms with van der Waals surface area (Å²) in [5.74, 6) is 0. The van der Waals surface area contributed by atoms with Gasteiger partial charge in [0.2, 0.25) is 0 Å². The van der Waals surface area contributed by atoms with Gasteiger partial charge in [-0.15, -0.1) is 0 Å². The third-order valence-corrected chi connectivity index (χ3v) is 2.12. The number of rotatable bonds is 0. The Kier molecular flexibility index (Phi) is 6.22. The van der Waals surface area contributed by atoms with Gasteiger partial charge in [0.25, 0.3) is 0 Å². The third-order valence-electron chi connectivity index (χ3n) is 2.12. The molecule has 1 aliphatic rings. The van der Waals surface area contributed by atoms with Crippen LogP contribution >= 0.6 is 0 Å². The van der Waals surface area contributed by atoms with Gasteiger partial charge in [0.15, 0.2) is 0 Å². The molecule has 0 aromatic carbocycles. The van der Waals surface area contributed by atoms with E-state index in [9.17, 15) is 0 Å². The molecule has 0 unspecified atom stereocenters. The predicted molar refractivity (Wildman–Crippen MR) is 59.4 cm³/mol. The molecule has 0 saturated heterocycles. The van der Waals surface area contributed by atoms with E-state index in [-0.39, 0.29) is 0 Å². The molecule has 13 heavy (non-hydrogen) atoms. The van der Waals surface area contributed by atoms with E-state index in [1.807, 2.05) is 0 Å². The molecule has 1 aliphatic carbocycles. The topological polar surface area (TPSA) is 0 Å². The van der Waals surface area contributed by atoms with Crippen molar-refractivity contribution in [3.63, 3.8) is 0 Å². The highest BCUT2D eigenvalue weighted by Crippen LogP contribution is 2.04. The SMILES string of the molecule is [CH]1/C=C/C/C=C/CC/C=C\CCC1. The Hall–Kier alpha value is -0.780. The van der Waals surface area contributed by atoms with Gasteiger partial charge in [-0.2, -0.15) is 0 Å². The average molecular weight is 175 g/mol. The lowest BCUT2D eigenvalue weighted by atomic mass is 10.1. The van der Waals surface area contributed by atoms with E-state index < -0.39 is 0 Å². The van der Waals surface area contributed by atoms with Crippen LogP contribution in [0, 0.1) is 6.42 Å². The van der Waals surface area contributed by atoms with E-state index in [4.69, 9.17) is 0 Å². The quantitative estimate of drug-likeness (QED) is 0.484. The van der Waals surface area contributed by atoms with Crippen molar-refractivity contribution in [3.05, 3.63) is 42.9 Å². The number of allylic oxidation sites excluding steroid dienone is 6. The van der Waals surface area contributed by atoms with Crippen molar-refractivity contribution in [2.45, 2.75) is 38.5 Å². The summed E-state index contributed by atoms with van der Waals surface area (Å²) < 4.78 is 0. The summed E-state index contributed by atoms with van der Waals surface area (Å²) in [5.41, 5.74) is 0. The standard InChI is InChI=1S/C13H19/c1-2-4-6-8-10-12-13-11-9-7-5-3-1/h1-3,6,8,11,13H,4-5,7,9-10,12H2/b2-1+,8-6+,13-11-. The van der Waals surface area contributed by atoms with E-state index in [1.54, 1.807) is 0 Å². The largest absolute Gasteiger partial charge is 0.0885 e. The molecule has 0 heteroatoms. The van der Waals surface area contributed by atoms with Gasteiger partial charge in [-0.3, -0.25) is 0 Å². The molecule has 0 spiro atoms. The number of hydrogen-bond donors (Lipinski definition) is 0. The maximum atomic E-state index is 2.31. The molecule has 0 heterocycles. The van der Waals surface area contributed by atoms with Gasteiger partial charge >= 0.3 is 0 Å². The van der Waals surface area contributed by atoms with Crippen molar-refractivity contribution in [1.29, 1.82) is 0 Å². The van der Waals surface area contributed by atoms with Crippen LogP contribution in [0.5, 0.6) is 0 Å². The van der Waals surface area contributed by atoms with Gasteiger partial charge in [0, 0.05) is 0 Å². The smallest absolute Gasteiger partial charge is 0.0169 e. The molecule has 0 aliphatic heterocycles.